The Hall–Kier alpha value is -3.16. The van der Waals surface area contributed by atoms with Crippen LogP contribution in [0.2, 0.25) is 0 Å². The first-order valence-corrected chi connectivity index (χ1v) is 7.57. The molecule has 2 aromatic rings. The van der Waals surface area contributed by atoms with E-state index in [2.05, 4.69) is 10.3 Å². The Kier molecular flexibility index (Phi) is 3.34. The Morgan fingerprint density at radius 1 is 0.960 bits per heavy atom. The molecule has 2 atom stereocenters. The summed E-state index contributed by atoms with van der Waals surface area (Å²) >= 11 is 0. The van der Waals surface area contributed by atoms with Crippen molar-refractivity contribution in [3.63, 3.8) is 0 Å². The highest BCUT2D eigenvalue weighted by Gasteiger charge is 2.55. The van der Waals surface area contributed by atoms with Crippen molar-refractivity contribution >= 4 is 23.2 Å². The molecule has 2 unspecified atom stereocenters. The fourth-order valence-corrected chi connectivity index (χ4v) is 2.94. The first kappa shape index (κ1) is 15.4. The lowest BCUT2D eigenvalue weighted by molar-refractivity contribution is -0.121. The number of imide groups is 1. The van der Waals surface area contributed by atoms with Crippen LogP contribution in [0.5, 0.6) is 0 Å². The fourth-order valence-electron chi connectivity index (χ4n) is 2.94. The second-order valence-corrected chi connectivity index (χ2v) is 5.86. The van der Waals surface area contributed by atoms with Crippen LogP contribution in [-0.2, 0) is 9.59 Å². The summed E-state index contributed by atoms with van der Waals surface area (Å²) in [6, 6.07) is 7.47. The van der Waals surface area contributed by atoms with Crippen molar-refractivity contribution in [1.82, 2.24) is 0 Å². The van der Waals surface area contributed by atoms with Crippen LogP contribution >= 0.6 is 0 Å². The molecule has 6 nitrogen and oxygen atoms in total. The quantitative estimate of drug-likeness (QED) is 0.788. The van der Waals surface area contributed by atoms with Gasteiger partial charge in [0.2, 0.25) is 0 Å². The number of benzene rings is 2. The number of carbonyl (C=O) groups excluding carboxylic acids is 2. The Labute approximate surface area is 141 Å². The number of hydrogen-bond acceptors (Lipinski definition) is 5. The molecule has 8 heteroatoms. The second kappa shape index (κ2) is 5.44. The predicted octanol–water partition coefficient (Wildman–Crippen LogP) is 2.77. The molecule has 1 fully saturated rings. The maximum absolute atomic E-state index is 13.8. The summed E-state index contributed by atoms with van der Waals surface area (Å²) in [5.74, 6) is -1.99. The number of carbonyl (C=O) groups is 2. The van der Waals surface area contributed by atoms with Gasteiger partial charge in [-0.15, -0.1) is 0 Å². The van der Waals surface area contributed by atoms with Crippen LogP contribution in [0.3, 0.4) is 0 Å². The monoisotopic (exact) mass is 342 g/mol. The van der Waals surface area contributed by atoms with E-state index in [1.54, 1.807) is 19.1 Å². The second-order valence-electron chi connectivity index (χ2n) is 5.86. The van der Waals surface area contributed by atoms with E-state index in [0.717, 1.165) is 4.90 Å². The number of anilines is 2. The Bertz CT molecular complexity index is 913. The van der Waals surface area contributed by atoms with Crippen LogP contribution in [0.4, 0.5) is 20.2 Å². The Morgan fingerprint density at radius 2 is 1.64 bits per heavy atom. The molecule has 0 bridgehead atoms. The summed E-state index contributed by atoms with van der Waals surface area (Å²) in [6.45, 7) is 1.62. The molecule has 2 aromatic carbocycles. The van der Waals surface area contributed by atoms with E-state index in [0.29, 0.717) is 11.3 Å². The van der Waals surface area contributed by atoms with Crippen molar-refractivity contribution in [2.45, 2.75) is 19.0 Å². The molecular formula is C17H12F2N4O2. The molecule has 2 aliphatic heterocycles. The van der Waals surface area contributed by atoms with Crippen LogP contribution in [-0.4, -0.2) is 23.9 Å². The van der Waals surface area contributed by atoms with E-state index >= 15 is 0 Å². The third-order valence-corrected chi connectivity index (χ3v) is 4.29. The highest BCUT2D eigenvalue weighted by atomic mass is 19.1. The van der Waals surface area contributed by atoms with Gasteiger partial charge in [-0.2, -0.15) is 5.11 Å². The summed E-state index contributed by atoms with van der Waals surface area (Å²) in [5.41, 5.74) is 1.05. The molecule has 0 N–H and O–H groups in total. The van der Waals surface area contributed by atoms with Crippen LogP contribution in [0.25, 0.3) is 0 Å². The Balaban J connectivity index is 1.70. The van der Waals surface area contributed by atoms with Gasteiger partial charge in [-0.3, -0.25) is 9.59 Å². The number of hydrogen-bond donors (Lipinski definition) is 0. The summed E-state index contributed by atoms with van der Waals surface area (Å²) in [7, 11) is 0. The molecule has 2 amide bonds. The van der Waals surface area contributed by atoms with E-state index < -0.39 is 35.5 Å². The molecule has 0 radical (unpaired) electrons. The maximum atomic E-state index is 13.8. The first-order chi connectivity index (χ1) is 12.0. The molecule has 0 aliphatic carbocycles. The first-order valence-electron chi connectivity index (χ1n) is 7.57. The zero-order chi connectivity index (χ0) is 17.7. The highest BCUT2D eigenvalue weighted by Crippen LogP contribution is 2.35. The van der Waals surface area contributed by atoms with Crippen molar-refractivity contribution in [1.29, 1.82) is 0 Å². The number of halogens is 2. The van der Waals surface area contributed by atoms with Gasteiger partial charge in [0, 0.05) is 0 Å². The lowest BCUT2D eigenvalue weighted by Gasteiger charge is -2.20. The SMILES string of the molecule is Cc1ccc(N2N=NC3C(=O)N(c4ccc(F)cc4)C(=O)C32)cc1F. The lowest BCUT2D eigenvalue weighted by atomic mass is 10.1. The number of nitrogens with zero attached hydrogens (tertiary/aromatic N) is 4. The molecule has 2 heterocycles. The van der Waals surface area contributed by atoms with Gasteiger partial charge in [0.25, 0.3) is 11.8 Å². The van der Waals surface area contributed by atoms with Gasteiger partial charge in [0.1, 0.15) is 11.6 Å². The highest BCUT2D eigenvalue weighted by molar-refractivity contribution is 6.26. The summed E-state index contributed by atoms with van der Waals surface area (Å²) in [6.07, 6.45) is 0. The minimum atomic E-state index is -0.998. The molecule has 0 spiro atoms. The van der Waals surface area contributed by atoms with Crippen LogP contribution in [0.15, 0.2) is 52.8 Å². The van der Waals surface area contributed by atoms with Crippen molar-refractivity contribution in [2.75, 3.05) is 9.91 Å². The fraction of sp³-hybridized carbons (Fsp3) is 0.176. The summed E-state index contributed by atoms with van der Waals surface area (Å²) in [4.78, 5) is 26.3. The van der Waals surface area contributed by atoms with E-state index in [1.165, 1.54) is 35.3 Å². The van der Waals surface area contributed by atoms with Gasteiger partial charge >= 0.3 is 0 Å². The standard InChI is InChI=1S/C17H12F2N4O2/c1-9-2-5-12(8-13(9)19)23-15-14(20-21-23)16(24)22(17(15)25)11-6-3-10(18)4-7-11/h2-8,14-15H,1H3. The number of amides is 2. The minimum absolute atomic E-state index is 0.260. The zero-order valence-electron chi connectivity index (χ0n) is 13.1. The molecule has 0 saturated carbocycles. The van der Waals surface area contributed by atoms with Crippen molar-refractivity contribution in [2.24, 2.45) is 10.3 Å². The number of aryl methyl sites for hydroxylation is 1. The van der Waals surface area contributed by atoms with Crippen LogP contribution < -0.4 is 9.91 Å². The predicted molar refractivity (Wildman–Crippen MR) is 84.9 cm³/mol. The molecule has 2 aliphatic rings. The largest absolute Gasteiger partial charge is 0.271 e. The minimum Gasteiger partial charge on any atom is -0.271 e. The third kappa shape index (κ3) is 2.29. The molecule has 126 valence electrons. The lowest BCUT2D eigenvalue weighted by Crippen LogP contribution is -2.40. The molecule has 4 rings (SSSR count). The van der Waals surface area contributed by atoms with Crippen LogP contribution in [0.1, 0.15) is 5.56 Å². The number of fused-ring (bicyclic) bond motifs is 1. The van der Waals surface area contributed by atoms with E-state index in [9.17, 15) is 18.4 Å². The Morgan fingerprint density at radius 3 is 2.32 bits per heavy atom. The van der Waals surface area contributed by atoms with Gasteiger partial charge in [-0.25, -0.2) is 18.7 Å². The molecule has 1 saturated heterocycles. The zero-order valence-corrected chi connectivity index (χ0v) is 13.1. The normalized spacial score (nSPS) is 22.0. The van der Waals surface area contributed by atoms with Gasteiger partial charge in [-0.1, -0.05) is 11.3 Å². The molecule has 0 aromatic heterocycles. The van der Waals surface area contributed by atoms with Crippen molar-refractivity contribution < 1.29 is 18.4 Å². The van der Waals surface area contributed by atoms with Crippen molar-refractivity contribution in [3.05, 3.63) is 59.7 Å². The van der Waals surface area contributed by atoms with Gasteiger partial charge < -0.3 is 0 Å². The van der Waals surface area contributed by atoms with Gasteiger partial charge in [0.05, 0.1) is 11.4 Å². The third-order valence-electron chi connectivity index (χ3n) is 4.29. The smallest absolute Gasteiger partial charge is 0.263 e. The molecule has 25 heavy (non-hydrogen) atoms. The van der Waals surface area contributed by atoms with E-state index in [-0.39, 0.29) is 5.69 Å². The summed E-state index contributed by atoms with van der Waals surface area (Å²) < 4.78 is 26.9. The van der Waals surface area contributed by atoms with Gasteiger partial charge in [0.15, 0.2) is 12.1 Å². The average molecular weight is 342 g/mol. The van der Waals surface area contributed by atoms with E-state index in [4.69, 9.17) is 0 Å². The maximum Gasteiger partial charge on any atom is 0.263 e. The topological polar surface area (TPSA) is 65.3 Å². The summed E-state index contributed by atoms with van der Waals surface area (Å²) in [5, 5.41) is 8.99. The van der Waals surface area contributed by atoms with Gasteiger partial charge in [-0.05, 0) is 48.9 Å². The van der Waals surface area contributed by atoms with E-state index in [1.807, 2.05) is 0 Å². The van der Waals surface area contributed by atoms with Crippen LogP contribution in [0, 0.1) is 18.6 Å². The molecular weight excluding hydrogens is 330 g/mol. The van der Waals surface area contributed by atoms with Crippen molar-refractivity contribution in [3.8, 4) is 0 Å². The number of rotatable bonds is 2. The average Bonchev–Trinajstić information content (AvgIpc) is 3.13.